The van der Waals surface area contributed by atoms with Gasteiger partial charge in [0.25, 0.3) is 0 Å². The van der Waals surface area contributed by atoms with E-state index in [0.29, 0.717) is 0 Å². The Balaban J connectivity index is 3.36. The monoisotopic (exact) mass is 274 g/mol. The molecule has 0 aliphatic heterocycles. The largest absolute Gasteiger partial charge is 0.501 e. The van der Waals surface area contributed by atoms with Crippen molar-refractivity contribution < 1.29 is 24.7 Å². The van der Waals surface area contributed by atoms with Gasteiger partial charge in [0.05, 0.1) is 9.95 Å². The zero-order valence-corrected chi connectivity index (χ0v) is 9.42. The van der Waals surface area contributed by atoms with Crippen LogP contribution in [-0.4, -0.2) is 27.5 Å². The molecule has 1 unspecified atom stereocenters. The lowest BCUT2D eigenvalue weighted by Crippen LogP contribution is -2.27. The third kappa shape index (κ3) is 2.66. The number of phenols is 1. The molecule has 0 aromatic heterocycles. The van der Waals surface area contributed by atoms with Gasteiger partial charge < -0.3 is 15.5 Å². The first-order chi connectivity index (χ1) is 8.38. The number of benzene rings is 1. The van der Waals surface area contributed by atoms with Gasteiger partial charge >= 0.3 is 11.7 Å². The molecule has 0 bridgehead atoms. The number of nitrogens with zero attached hydrogens (tertiary/aromatic N) is 1. The molecule has 0 saturated heterocycles. The van der Waals surface area contributed by atoms with Crippen molar-refractivity contribution in [1.29, 1.82) is 0 Å². The first kappa shape index (κ1) is 13.7. The maximum absolute atomic E-state index is 10.9. The van der Waals surface area contributed by atoms with Gasteiger partial charge in [0, 0.05) is 6.07 Å². The summed E-state index contributed by atoms with van der Waals surface area (Å²) in [7, 11) is 0. The number of hydrogen-bond donors (Lipinski definition) is 3. The highest BCUT2D eigenvalue weighted by atomic mass is 35.5. The number of nitrogens with one attached hydrogen (secondary N) is 1. The summed E-state index contributed by atoms with van der Waals surface area (Å²) in [6.45, 7) is 0. The fraction of sp³-hybridized carbons (Fsp3) is 0.111. The second kappa shape index (κ2) is 5.32. The van der Waals surface area contributed by atoms with Crippen LogP contribution in [0.15, 0.2) is 12.1 Å². The van der Waals surface area contributed by atoms with E-state index in [1.165, 1.54) is 0 Å². The number of carboxylic acids is 1. The summed E-state index contributed by atoms with van der Waals surface area (Å²) in [5.41, 5.74) is -0.861. The topological polar surface area (TPSA) is 130 Å². The van der Waals surface area contributed by atoms with Crippen LogP contribution >= 0.6 is 11.6 Å². The van der Waals surface area contributed by atoms with Gasteiger partial charge in [-0.2, -0.15) is 0 Å². The summed E-state index contributed by atoms with van der Waals surface area (Å²) >= 11 is 5.55. The highest BCUT2D eigenvalue weighted by Gasteiger charge is 2.25. The molecule has 0 heterocycles. The van der Waals surface area contributed by atoms with Crippen LogP contribution in [0.1, 0.15) is 11.6 Å². The van der Waals surface area contributed by atoms with Crippen LogP contribution in [0, 0.1) is 10.1 Å². The predicted molar refractivity (Wildman–Crippen MR) is 59.3 cm³/mol. The highest BCUT2D eigenvalue weighted by Crippen LogP contribution is 2.36. The second-order valence-electron chi connectivity index (χ2n) is 3.18. The van der Waals surface area contributed by atoms with E-state index in [0.717, 1.165) is 12.1 Å². The van der Waals surface area contributed by atoms with Crippen molar-refractivity contribution in [2.75, 3.05) is 0 Å². The fourth-order valence-electron chi connectivity index (χ4n) is 1.29. The minimum Gasteiger partial charge on any atom is -0.501 e. The Morgan fingerprint density at radius 2 is 2.17 bits per heavy atom. The van der Waals surface area contributed by atoms with Gasteiger partial charge in [0.1, 0.15) is 0 Å². The van der Waals surface area contributed by atoms with Gasteiger partial charge in [-0.15, -0.1) is 0 Å². The Bertz CT molecular complexity index is 518. The van der Waals surface area contributed by atoms with Crippen LogP contribution < -0.4 is 5.32 Å². The Labute approximate surface area is 105 Å². The van der Waals surface area contributed by atoms with Gasteiger partial charge in [-0.3, -0.25) is 14.9 Å². The molecule has 96 valence electrons. The molecule has 0 fully saturated rings. The second-order valence-corrected chi connectivity index (χ2v) is 3.59. The van der Waals surface area contributed by atoms with E-state index in [4.69, 9.17) is 16.7 Å². The van der Waals surface area contributed by atoms with Crippen LogP contribution in [0.5, 0.6) is 5.75 Å². The summed E-state index contributed by atoms with van der Waals surface area (Å²) in [5, 5.41) is 30.4. The third-order valence-electron chi connectivity index (χ3n) is 2.08. The van der Waals surface area contributed by atoms with E-state index >= 15 is 0 Å². The SMILES string of the molecule is O=CNC(C(=O)O)c1cc(Cl)c(O)c([N+](=O)[O-])c1. The Morgan fingerprint density at radius 1 is 1.56 bits per heavy atom. The van der Waals surface area contributed by atoms with Crippen LogP contribution in [0.3, 0.4) is 0 Å². The minimum absolute atomic E-state index is 0.121. The Kier molecular flexibility index (Phi) is 4.05. The summed E-state index contributed by atoms with van der Waals surface area (Å²) in [6.07, 6.45) is 0.144. The zero-order valence-electron chi connectivity index (χ0n) is 8.66. The molecule has 8 nitrogen and oxygen atoms in total. The lowest BCUT2D eigenvalue weighted by molar-refractivity contribution is -0.385. The molecule has 0 radical (unpaired) electrons. The van der Waals surface area contributed by atoms with Gasteiger partial charge in [-0.1, -0.05) is 11.6 Å². The number of hydrogen-bond acceptors (Lipinski definition) is 5. The molecule has 18 heavy (non-hydrogen) atoms. The van der Waals surface area contributed by atoms with E-state index in [-0.39, 0.29) is 17.0 Å². The molecule has 0 aliphatic rings. The van der Waals surface area contributed by atoms with Gasteiger partial charge in [-0.05, 0) is 11.6 Å². The van der Waals surface area contributed by atoms with Crippen molar-refractivity contribution in [3.8, 4) is 5.75 Å². The first-order valence-electron chi connectivity index (χ1n) is 4.47. The molecule has 1 rings (SSSR count). The van der Waals surface area contributed by atoms with Crippen molar-refractivity contribution in [3.05, 3.63) is 32.8 Å². The zero-order chi connectivity index (χ0) is 13.9. The lowest BCUT2D eigenvalue weighted by atomic mass is 10.1. The number of nitro groups is 1. The number of phenolic OH excluding ortho intramolecular Hbond substituents is 1. The molecule has 3 N–H and O–H groups in total. The number of carbonyl (C=O) groups is 2. The number of rotatable bonds is 5. The number of aliphatic carboxylic acids is 1. The van der Waals surface area contributed by atoms with E-state index in [2.05, 4.69) is 0 Å². The van der Waals surface area contributed by atoms with Gasteiger partial charge in [0.15, 0.2) is 6.04 Å². The molecule has 1 amide bonds. The predicted octanol–water partition coefficient (Wildman–Crippen LogP) is 0.825. The smallest absolute Gasteiger partial charge is 0.330 e. The van der Waals surface area contributed by atoms with Crippen molar-refractivity contribution in [2.45, 2.75) is 6.04 Å². The number of halogens is 1. The van der Waals surface area contributed by atoms with E-state index in [1.807, 2.05) is 5.32 Å². The fourth-order valence-corrected chi connectivity index (χ4v) is 1.51. The summed E-state index contributed by atoms with van der Waals surface area (Å²) in [5.74, 6) is -2.18. The molecule has 0 saturated carbocycles. The average molecular weight is 275 g/mol. The maximum atomic E-state index is 10.9. The van der Waals surface area contributed by atoms with E-state index in [9.17, 15) is 24.8 Å². The molecular weight excluding hydrogens is 268 g/mol. The molecule has 1 aromatic rings. The van der Waals surface area contributed by atoms with Crippen LogP contribution in [0.25, 0.3) is 0 Å². The van der Waals surface area contributed by atoms with Crippen LogP contribution in [0.4, 0.5) is 5.69 Å². The highest BCUT2D eigenvalue weighted by molar-refractivity contribution is 6.32. The number of amides is 1. The van der Waals surface area contributed by atoms with Gasteiger partial charge in [-0.25, -0.2) is 4.79 Å². The number of carbonyl (C=O) groups excluding carboxylic acids is 1. The van der Waals surface area contributed by atoms with E-state index in [1.54, 1.807) is 0 Å². The van der Waals surface area contributed by atoms with Crippen molar-refractivity contribution in [2.24, 2.45) is 0 Å². The molecule has 1 aromatic carbocycles. The summed E-state index contributed by atoms with van der Waals surface area (Å²) in [6, 6.07) is 0.370. The van der Waals surface area contributed by atoms with Crippen molar-refractivity contribution in [3.63, 3.8) is 0 Å². The standard InChI is InChI=1S/C9H7ClN2O6/c10-5-1-4(7(9(15)16)11-3-13)2-6(8(5)14)12(17)18/h1-3,7,14H,(H,11,13)(H,15,16). The summed E-state index contributed by atoms with van der Waals surface area (Å²) < 4.78 is 0. The minimum atomic E-state index is -1.49. The lowest BCUT2D eigenvalue weighted by Gasteiger charge is -2.12. The van der Waals surface area contributed by atoms with Crippen molar-refractivity contribution >= 4 is 29.7 Å². The quantitative estimate of drug-likeness (QED) is 0.414. The Morgan fingerprint density at radius 3 is 2.61 bits per heavy atom. The molecule has 0 spiro atoms. The summed E-state index contributed by atoms with van der Waals surface area (Å²) in [4.78, 5) is 30.9. The first-order valence-corrected chi connectivity index (χ1v) is 4.85. The van der Waals surface area contributed by atoms with E-state index < -0.39 is 28.4 Å². The average Bonchev–Trinajstić information content (AvgIpc) is 2.28. The maximum Gasteiger partial charge on any atom is 0.330 e. The van der Waals surface area contributed by atoms with Crippen LogP contribution in [0.2, 0.25) is 5.02 Å². The number of carboxylic acid groups (broad SMARTS) is 1. The van der Waals surface area contributed by atoms with Gasteiger partial charge in [0.2, 0.25) is 12.2 Å². The molecule has 9 heteroatoms. The van der Waals surface area contributed by atoms with Crippen molar-refractivity contribution in [1.82, 2.24) is 5.32 Å². The number of aromatic hydroxyl groups is 1. The Hall–Kier alpha value is -2.35. The third-order valence-corrected chi connectivity index (χ3v) is 2.37. The molecule has 1 atom stereocenters. The normalized spacial score (nSPS) is 11.6. The number of nitro benzene ring substituents is 1. The van der Waals surface area contributed by atoms with Crippen LogP contribution in [-0.2, 0) is 9.59 Å². The molecule has 0 aliphatic carbocycles. The molecular formula is C9H7ClN2O6.